The average molecular weight is 412 g/mol. The van der Waals surface area contributed by atoms with Crippen molar-refractivity contribution in [1.82, 2.24) is 24.8 Å². The number of carboxylic acids is 1. The lowest BCUT2D eigenvalue weighted by Crippen LogP contribution is -2.25. The van der Waals surface area contributed by atoms with E-state index >= 15 is 0 Å². The zero-order valence-electron chi connectivity index (χ0n) is 15.6. The van der Waals surface area contributed by atoms with E-state index in [0.29, 0.717) is 48.7 Å². The van der Waals surface area contributed by atoms with Crippen LogP contribution in [0, 0.1) is 4.77 Å². The minimum atomic E-state index is -0.990. The third-order valence-corrected chi connectivity index (χ3v) is 4.17. The first-order chi connectivity index (χ1) is 13.4. The van der Waals surface area contributed by atoms with Crippen LogP contribution in [0.1, 0.15) is 25.7 Å². The van der Waals surface area contributed by atoms with E-state index in [1.54, 1.807) is 11.7 Å². The lowest BCUT2D eigenvalue weighted by molar-refractivity contribution is -0.138. The minimum absolute atomic E-state index is 0.0229. The molecule has 0 aromatic carbocycles. The van der Waals surface area contributed by atoms with Gasteiger partial charge in [0.25, 0.3) is 0 Å². The van der Waals surface area contributed by atoms with Crippen LogP contribution in [0.2, 0.25) is 0 Å². The van der Waals surface area contributed by atoms with E-state index in [1.165, 1.54) is 0 Å². The van der Waals surface area contributed by atoms with Crippen LogP contribution >= 0.6 is 12.2 Å². The van der Waals surface area contributed by atoms with E-state index in [9.17, 15) is 9.59 Å². The number of carbonyl (C=O) groups is 2. The molecule has 0 fully saturated rings. The molecule has 0 aliphatic heterocycles. The van der Waals surface area contributed by atoms with Crippen molar-refractivity contribution < 1.29 is 24.2 Å². The first-order valence-corrected chi connectivity index (χ1v) is 9.19. The van der Waals surface area contributed by atoms with Crippen LogP contribution in [0.4, 0.5) is 5.82 Å². The Morgan fingerprint density at radius 1 is 1.29 bits per heavy atom. The number of methoxy groups -OCH3 is 1. The topological polar surface area (TPSA) is 157 Å². The van der Waals surface area contributed by atoms with Gasteiger partial charge >= 0.3 is 12.0 Å². The molecule has 0 unspecified atom stereocenters. The number of imidazole rings is 1. The maximum Gasteiger partial charge on any atom is 0.320 e. The van der Waals surface area contributed by atoms with Gasteiger partial charge < -0.3 is 35.2 Å². The quantitative estimate of drug-likeness (QED) is 0.293. The number of nitrogens with one attached hydrogen (secondary N) is 2. The van der Waals surface area contributed by atoms with Gasteiger partial charge in [0.05, 0.1) is 13.0 Å². The van der Waals surface area contributed by atoms with E-state index < -0.39 is 5.97 Å². The van der Waals surface area contributed by atoms with Crippen molar-refractivity contribution in [3.63, 3.8) is 0 Å². The summed E-state index contributed by atoms with van der Waals surface area (Å²) in [5.41, 5.74) is 7.06. The van der Waals surface area contributed by atoms with Crippen LogP contribution in [-0.2, 0) is 20.9 Å². The standard InChI is InChI=1S/C16H24N6O5S/c1-26-8-9-27-15-20-13(17)12-14(21-15)22(16(28)19-12)7-3-2-6-18-10(23)4-5-11(24)25/h2-9H2,1H3,(H,18,23)(H,19,28)(H,24,25)(H2,17,20,21). The van der Waals surface area contributed by atoms with Gasteiger partial charge in [0.1, 0.15) is 12.1 Å². The predicted octanol–water partition coefficient (Wildman–Crippen LogP) is 0.857. The van der Waals surface area contributed by atoms with Gasteiger partial charge in [-0.05, 0) is 25.1 Å². The fraction of sp³-hybridized carbons (Fsp3) is 0.562. The third kappa shape index (κ3) is 6.16. The second-order valence-corrected chi connectivity index (χ2v) is 6.35. The molecule has 0 spiro atoms. The second-order valence-electron chi connectivity index (χ2n) is 5.96. The first-order valence-electron chi connectivity index (χ1n) is 8.78. The zero-order chi connectivity index (χ0) is 20.5. The van der Waals surface area contributed by atoms with Crippen molar-refractivity contribution in [2.75, 3.05) is 32.6 Å². The maximum atomic E-state index is 11.5. The molecule has 28 heavy (non-hydrogen) atoms. The smallest absolute Gasteiger partial charge is 0.320 e. The molecule has 2 aromatic rings. The highest BCUT2D eigenvalue weighted by atomic mass is 32.1. The van der Waals surface area contributed by atoms with Crippen LogP contribution in [-0.4, -0.2) is 63.4 Å². The normalized spacial score (nSPS) is 10.9. The number of rotatable bonds is 12. The monoisotopic (exact) mass is 412 g/mol. The van der Waals surface area contributed by atoms with Gasteiger partial charge in [0, 0.05) is 26.6 Å². The van der Waals surface area contributed by atoms with E-state index in [-0.39, 0.29) is 30.6 Å². The number of amides is 1. The molecule has 154 valence electrons. The Kier molecular flexibility index (Phi) is 8.14. The zero-order valence-corrected chi connectivity index (χ0v) is 16.4. The number of carbonyl (C=O) groups excluding carboxylic acids is 1. The number of aromatic nitrogens is 4. The van der Waals surface area contributed by atoms with Gasteiger partial charge in [-0.1, -0.05) is 0 Å². The third-order valence-electron chi connectivity index (χ3n) is 3.85. The number of H-pyrrole nitrogens is 1. The molecule has 0 radical (unpaired) electrons. The van der Waals surface area contributed by atoms with Gasteiger partial charge in [0.2, 0.25) is 5.91 Å². The van der Waals surface area contributed by atoms with Crippen LogP contribution in [0.3, 0.4) is 0 Å². The molecule has 12 heteroatoms. The molecule has 2 aromatic heterocycles. The molecule has 0 aliphatic carbocycles. The molecule has 2 rings (SSSR count). The molecule has 0 bridgehead atoms. The van der Waals surface area contributed by atoms with Gasteiger partial charge in [-0.3, -0.25) is 9.59 Å². The van der Waals surface area contributed by atoms with Crippen molar-refractivity contribution in [3.05, 3.63) is 4.77 Å². The Hall–Kier alpha value is -2.73. The van der Waals surface area contributed by atoms with Crippen molar-refractivity contribution in [2.45, 2.75) is 32.2 Å². The van der Waals surface area contributed by atoms with E-state index in [0.717, 1.165) is 6.42 Å². The van der Waals surface area contributed by atoms with Crippen molar-refractivity contribution >= 4 is 41.1 Å². The number of nitrogens with zero attached hydrogens (tertiary/aromatic N) is 3. The number of anilines is 1. The van der Waals surface area contributed by atoms with Crippen LogP contribution < -0.4 is 15.8 Å². The number of aryl methyl sites for hydroxylation is 1. The van der Waals surface area contributed by atoms with E-state index in [1.807, 2.05) is 0 Å². The molecule has 11 nitrogen and oxygen atoms in total. The molecular formula is C16H24N6O5S. The molecule has 1 amide bonds. The lowest BCUT2D eigenvalue weighted by atomic mass is 10.2. The molecule has 0 atom stereocenters. The fourth-order valence-electron chi connectivity index (χ4n) is 2.45. The Labute approximate surface area is 166 Å². The summed E-state index contributed by atoms with van der Waals surface area (Å²) in [6, 6.07) is 0.149. The Morgan fingerprint density at radius 2 is 2.07 bits per heavy atom. The maximum absolute atomic E-state index is 11.5. The summed E-state index contributed by atoms with van der Waals surface area (Å²) in [6.45, 7) is 1.72. The number of unbranched alkanes of at least 4 members (excludes halogenated alkanes) is 1. The molecule has 0 saturated heterocycles. The number of hydrogen-bond donors (Lipinski definition) is 4. The molecular weight excluding hydrogens is 388 g/mol. The van der Waals surface area contributed by atoms with E-state index in [2.05, 4.69) is 20.3 Å². The van der Waals surface area contributed by atoms with Crippen molar-refractivity contribution in [2.24, 2.45) is 0 Å². The fourth-order valence-corrected chi connectivity index (χ4v) is 2.73. The number of carboxylic acid groups (broad SMARTS) is 1. The number of aromatic amines is 1. The predicted molar refractivity (Wildman–Crippen MR) is 104 cm³/mol. The van der Waals surface area contributed by atoms with E-state index in [4.69, 9.17) is 32.5 Å². The van der Waals surface area contributed by atoms with Crippen LogP contribution in [0.5, 0.6) is 6.01 Å². The van der Waals surface area contributed by atoms with Crippen molar-refractivity contribution in [3.8, 4) is 6.01 Å². The summed E-state index contributed by atoms with van der Waals surface area (Å²) in [7, 11) is 1.57. The number of fused-ring (bicyclic) bond motifs is 1. The average Bonchev–Trinajstić information content (AvgIpc) is 2.96. The minimum Gasteiger partial charge on any atom is -0.481 e. The highest BCUT2D eigenvalue weighted by Crippen LogP contribution is 2.20. The summed E-state index contributed by atoms with van der Waals surface area (Å²) in [5, 5.41) is 11.3. The Morgan fingerprint density at radius 3 is 2.79 bits per heavy atom. The summed E-state index contributed by atoms with van der Waals surface area (Å²) in [6.07, 6.45) is 1.23. The summed E-state index contributed by atoms with van der Waals surface area (Å²) in [4.78, 5) is 33.4. The van der Waals surface area contributed by atoms with Gasteiger partial charge in [-0.15, -0.1) is 0 Å². The first kappa shape index (κ1) is 21.6. The van der Waals surface area contributed by atoms with Gasteiger partial charge in [-0.2, -0.15) is 9.97 Å². The van der Waals surface area contributed by atoms with Crippen LogP contribution in [0.25, 0.3) is 11.2 Å². The number of ether oxygens (including phenoxy) is 2. The largest absolute Gasteiger partial charge is 0.481 e. The number of nitrogens with two attached hydrogens (primary N) is 1. The lowest BCUT2D eigenvalue weighted by Gasteiger charge is -2.08. The SMILES string of the molecule is COCCOc1nc(N)c2[nH]c(=S)n(CCCCNC(=O)CCC(=O)O)c2n1. The Bertz CT molecular complexity index is 880. The number of nitrogen functional groups attached to an aromatic ring is 1. The number of hydrogen-bond acceptors (Lipinski definition) is 8. The molecule has 2 heterocycles. The molecule has 0 aliphatic rings. The highest BCUT2D eigenvalue weighted by molar-refractivity contribution is 7.71. The second kappa shape index (κ2) is 10.6. The van der Waals surface area contributed by atoms with Gasteiger partial charge in [-0.25, -0.2) is 0 Å². The number of aliphatic carboxylic acids is 1. The summed E-state index contributed by atoms with van der Waals surface area (Å²) in [5.74, 6) is -1.02. The highest BCUT2D eigenvalue weighted by Gasteiger charge is 2.13. The van der Waals surface area contributed by atoms with Gasteiger partial charge in [0.15, 0.2) is 16.2 Å². The summed E-state index contributed by atoms with van der Waals surface area (Å²) >= 11 is 5.34. The molecule has 5 N–H and O–H groups in total. The molecule has 0 saturated carbocycles. The van der Waals surface area contributed by atoms with Crippen LogP contribution in [0.15, 0.2) is 0 Å². The Balaban J connectivity index is 1.93. The van der Waals surface area contributed by atoms with Crippen molar-refractivity contribution in [1.29, 1.82) is 0 Å². The summed E-state index contributed by atoms with van der Waals surface area (Å²) < 4.78 is 12.6.